The molecule has 1 fully saturated rings. The molecular weight excluding hydrogens is 178 g/mol. The van der Waals surface area contributed by atoms with Crippen LogP contribution in [0.15, 0.2) is 24.3 Å². The van der Waals surface area contributed by atoms with Gasteiger partial charge in [0.2, 0.25) is 5.91 Å². The summed E-state index contributed by atoms with van der Waals surface area (Å²) in [5.74, 6) is -0.0949. The molecule has 0 aromatic heterocycles. The number of nitrogens with zero attached hydrogens (tertiary/aromatic N) is 1. The van der Waals surface area contributed by atoms with E-state index in [-0.39, 0.29) is 24.7 Å². The van der Waals surface area contributed by atoms with E-state index in [1.54, 1.807) is 4.90 Å². The number of benzene rings is 1. The molecule has 72 valence electrons. The zero-order chi connectivity index (χ0) is 10.1. The van der Waals surface area contributed by atoms with Crippen LogP contribution in [-0.2, 0) is 9.59 Å². The maximum Gasteiger partial charge on any atom is 0.234 e. The molecule has 0 atom stereocenters. The molecule has 1 aliphatic rings. The molecule has 1 aromatic carbocycles. The molecule has 1 amide bonds. The second kappa shape index (κ2) is 3.25. The lowest BCUT2D eigenvalue weighted by Gasteiger charge is -2.16. The lowest BCUT2D eigenvalue weighted by molar-refractivity contribution is -0.121. The van der Waals surface area contributed by atoms with E-state index < -0.39 is 0 Å². The molecule has 1 aliphatic heterocycles. The highest BCUT2D eigenvalue weighted by molar-refractivity contribution is 6.15. The van der Waals surface area contributed by atoms with Crippen molar-refractivity contribution in [2.45, 2.75) is 13.3 Å². The molecule has 3 nitrogen and oxygen atoms in total. The summed E-state index contributed by atoms with van der Waals surface area (Å²) in [6.07, 6.45) is 0.0499. The average Bonchev–Trinajstić information content (AvgIpc) is 2.46. The number of para-hydroxylation sites is 1. The third-order valence-corrected chi connectivity index (χ3v) is 2.39. The minimum atomic E-state index is -0.0932. The first-order valence-corrected chi connectivity index (χ1v) is 4.56. The van der Waals surface area contributed by atoms with Crippen molar-refractivity contribution in [2.24, 2.45) is 0 Å². The summed E-state index contributed by atoms with van der Waals surface area (Å²) in [6.45, 7) is 2.16. The fourth-order valence-electron chi connectivity index (χ4n) is 1.67. The predicted octanol–water partition coefficient (Wildman–Crippen LogP) is 1.30. The molecule has 1 saturated heterocycles. The fraction of sp³-hybridized carbons (Fsp3) is 0.273. The van der Waals surface area contributed by atoms with Crippen molar-refractivity contribution in [3.63, 3.8) is 0 Å². The lowest BCUT2D eigenvalue weighted by atomic mass is 10.2. The van der Waals surface area contributed by atoms with Gasteiger partial charge in [-0.2, -0.15) is 0 Å². The highest BCUT2D eigenvalue weighted by Gasteiger charge is 2.28. The number of hydrogen-bond acceptors (Lipinski definition) is 2. The summed E-state index contributed by atoms with van der Waals surface area (Å²) >= 11 is 0. The highest BCUT2D eigenvalue weighted by atomic mass is 16.2. The van der Waals surface area contributed by atoms with Gasteiger partial charge in [0.1, 0.15) is 0 Å². The second-order valence-corrected chi connectivity index (χ2v) is 3.48. The zero-order valence-electron chi connectivity index (χ0n) is 7.99. The number of carbonyl (C=O) groups is 2. The molecular formula is C11H11NO2. The molecule has 0 saturated carbocycles. The van der Waals surface area contributed by atoms with Crippen molar-refractivity contribution in [1.82, 2.24) is 0 Å². The Balaban J connectivity index is 2.36. The number of Topliss-reactive ketones (excluding diaryl/α,β-unsaturated/α-hetero) is 1. The molecule has 3 heteroatoms. The largest absolute Gasteiger partial charge is 0.304 e. The van der Waals surface area contributed by atoms with Crippen LogP contribution in [0.5, 0.6) is 0 Å². The van der Waals surface area contributed by atoms with Crippen LogP contribution < -0.4 is 4.90 Å². The van der Waals surface area contributed by atoms with Crippen molar-refractivity contribution < 1.29 is 9.59 Å². The average molecular weight is 189 g/mol. The van der Waals surface area contributed by atoms with E-state index in [2.05, 4.69) is 0 Å². The summed E-state index contributed by atoms with van der Waals surface area (Å²) < 4.78 is 0. The van der Waals surface area contributed by atoms with E-state index in [0.29, 0.717) is 0 Å². The Hall–Kier alpha value is -1.64. The van der Waals surface area contributed by atoms with Crippen LogP contribution in [0.25, 0.3) is 0 Å². The van der Waals surface area contributed by atoms with Crippen LogP contribution in [0.1, 0.15) is 12.0 Å². The van der Waals surface area contributed by atoms with Gasteiger partial charge >= 0.3 is 0 Å². The molecule has 0 radical (unpaired) electrons. The van der Waals surface area contributed by atoms with Gasteiger partial charge in [-0.1, -0.05) is 18.2 Å². The first-order chi connectivity index (χ1) is 6.68. The Morgan fingerprint density at radius 3 is 2.50 bits per heavy atom. The molecule has 14 heavy (non-hydrogen) atoms. The van der Waals surface area contributed by atoms with Crippen molar-refractivity contribution in [3.8, 4) is 0 Å². The fourth-order valence-corrected chi connectivity index (χ4v) is 1.67. The normalized spacial score (nSPS) is 16.5. The number of aryl methyl sites for hydroxylation is 1. The van der Waals surface area contributed by atoms with Crippen LogP contribution in [0.4, 0.5) is 5.69 Å². The number of ketones is 1. The summed E-state index contributed by atoms with van der Waals surface area (Å²) in [5.41, 5.74) is 1.87. The number of rotatable bonds is 1. The molecule has 1 aromatic rings. The minimum absolute atomic E-state index is 0.00162. The molecule has 0 spiro atoms. The third-order valence-electron chi connectivity index (χ3n) is 2.39. The summed E-state index contributed by atoms with van der Waals surface area (Å²) in [6, 6.07) is 7.59. The van der Waals surface area contributed by atoms with E-state index in [1.807, 2.05) is 31.2 Å². The number of anilines is 1. The van der Waals surface area contributed by atoms with Crippen molar-refractivity contribution in [2.75, 3.05) is 11.4 Å². The first-order valence-electron chi connectivity index (χ1n) is 4.56. The van der Waals surface area contributed by atoms with E-state index in [9.17, 15) is 9.59 Å². The van der Waals surface area contributed by atoms with Gasteiger partial charge in [0.25, 0.3) is 0 Å². The van der Waals surface area contributed by atoms with Gasteiger partial charge in [0.05, 0.1) is 13.0 Å². The molecule has 1 heterocycles. The Kier molecular flexibility index (Phi) is 2.08. The summed E-state index contributed by atoms with van der Waals surface area (Å²) in [7, 11) is 0. The number of hydrogen-bond donors (Lipinski definition) is 0. The van der Waals surface area contributed by atoms with Crippen LogP contribution in [0.3, 0.4) is 0 Å². The number of carbonyl (C=O) groups excluding carboxylic acids is 2. The Bertz CT molecular complexity index is 398. The van der Waals surface area contributed by atoms with Gasteiger partial charge in [0, 0.05) is 5.69 Å². The van der Waals surface area contributed by atoms with E-state index in [0.717, 1.165) is 11.3 Å². The minimum Gasteiger partial charge on any atom is -0.304 e. The zero-order valence-corrected chi connectivity index (χ0v) is 7.99. The topological polar surface area (TPSA) is 37.4 Å². The van der Waals surface area contributed by atoms with Crippen molar-refractivity contribution >= 4 is 17.4 Å². The summed E-state index contributed by atoms with van der Waals surface area (Å²) in [5, 5.41) is 0. The predicted molar refractivity (Wildman–Crippen MR) is 53.2 cm³/mol. The van der Waals surface area contributed by atoms with Gasteiger partial charge in [0.15, 0.2) is 5.78 Å². The molecule has 0 N–H and O–H groups in total. The second-order valence-electron chi connectivity index (χ2n) is 3.48. The lowest BCUT2D eigenvalue weighted by Crippen LogP contribution is -2.25. The van der Waals surface area contributed by atoms with Crippen LogP contribution in [0, 0.1) is 6.92 Å². The van der Waals surface area contributed by atoms with Crippen molar-refractivity contribution in [1.29, 1.82) is 0 Å². The maximum atomic E-state index is 11.4. The van der Waals surface area contributed by atoms with Crippen molar-refractivity contribution in [3.05, 3.63) is 29.8 Å². The van der Waals surface area contributed by atoms with Gasteiger partial charge in [-0.25, -0.2) is 0 Å². The van der Waals surface area contributed by atoms with E-state index in [4.69, 9.17) is 0 Å². The molecule has 2 rings (SSSR count). The van der Waals surface area contributed by atoms with Gasteiger partial charge < -0.3 is 4.90 Å². The van der Waals surface area contributed by atoms with Crippen LogP contribution in [0.2, 0.25) is 0 Å². The summed E-state index contributed by atoms with van der Waals surface area (Å²) in [4.78, 5) is 24.1. The van der Waals surface area contributed by atoms with Gasteiger partial charge in [-0.05, 0) is 18.6 Å². The SMILES string of the molecule is Cc1ccccc1N1CC(=O)CC1=O. The molecule has 0 aliphatic carbocycles. The maximum absolute atomic E-state index is 11.4. The Labute approximate surface area is 82.3 Å². The highest BCUT2D eigenvalue weighted by Crippen LogP contribution is 2.23. The number of amides is 1. The van der Waals surface area contributed by atoms with Crippen LogP contribution >= 0.6 is 0 Å². The van der Waals surface area contributed by atoms with E-state index in [1.165, 1.54) is 0 Å². The van der Waals surface area contributed by atoms with Gasteiger partial charge in [-0.15, -0.1) is 0 Å². The van der Waals surface area contributed by atoms with E-state index >= 15 is 0 Å². The first kappa shape index (κ1) is 8.94. The standard InChI is InChI=1S/C11H11NO2/c1-8-4-2-3-5-10(8)12-7-9(13)6-11(12)14/h2-5H,6-7H2,1H3. The smallest absolute Gasteiger partial charge is 0.234 e. The third kappa shape index (κ3) is 1.41. The quantitative estimate of drug-likeness (QED) is 0.624. The van der Waals surface area contributed by atoms with Crippen LogP contribution in [-0.4, -0.2) is 18.2 Å². The molecule has 0 bridgehead atoms. The monoisotopic (exact) mass is 189 g/mol. The van der Waals surface area contributed by atoms with Gasteiger partial charge in [-0.3, -0.25) is 9.59 Å². The molecule has 0 unspecified atom stereocenters. The Morgan fingerprint density at radius 2 is 1.93 bits per heavy atom. The Morgan fingerprint density at radius 1 is 1.21 bits per heavy atom.